The van der Waals surface area contributed by atoms with Gasteiger partial charge in [0.1, 0.15) is 0 Å². The molecule has 1 unspecified atom stereocenters. The first-order valence-corrected chi connectivity index (χ1v) is 3.96. The van der Waals surface area contributed by atoms with Gasteiger partial charge in [0.25, 0.3) is 0 Å². The zero-order valence-electron chi connectivity index (χ0n) is 7.25. The minimum atomic E-state index is -1.15. The van der Waals surface area contributed by atoms with Crippen LogP contribution in [-0.2, 0) is 9.59 Å². The number of pyridine rings is 1. The Morgan fingerprint density at radius 1 is 1.43 bits per heavy atom. The third kappa shape index (κ3) is 2.55. The van der Waals surface area contributed by atoms with Crippen LogP contribution in [0.4, 0.5) is 0 Å². The second kappa shape index (κ2) is 4.36. The Labute approximate surface area is 80.0 Å². The quantitative estimate of drug-likeness (QED) is 0.739. The number of rotatable bonds is 4. The molecule has 0 aliphatic carbocycles. The maximum Gasteiger partial charge on any atom is 0.311 e. The highest BCUT2D eigenvalue weighted by Crippen LogP contribution is 2.18. The van der Waals surface area contributed by atoms with Gasteiger partial charge in [-0.25, -0.2) is 0 Å². The van der Waals surface area contributed by atoms with E-state index >= 15 is 0 Å². The van der Waals surface area contributed by atoms with E-state index in [0.29, 0.717) is 5.56 Å². The molecule has 0 saturated carbocycles. The molecule has 1 rings (SSSR count). The number of hydrogen-bond acceptors (Lipinski definition) is 3. The van der Waals surface area contributed by atoms with Crippen molar-refractivity contribution in [3.63, 3.8) is 0 Å². The van der Waals surface area contributed by atoms with Crippen LogP contribution in [-0.4, -0.2) is 27.1 Å². The first kappa shape index (κ1) is 10.2. The van der Waals surface area contributed by atoms with Crippen molar-refractivity contribution in [2.45, 2.75) is 12.3 Å². The highest BCUT2D eigenvalue weighted by Gasteiger charge is 2.22. The van der Waals surface area contributed by atoms with Crippen LogP contribution in [0.1, 0.15) is 17.9 Å². The van der Waals surface area contributed by atoms with Crippen molar-refractivity contribution in [3.8, 4) is 0 Å². The maximum absolute atomic E-state index is 10.7. The lowest BCUT2D eigenvalue weighted by Crippen LogP contribution is -2.15. The monoisotopic (exact) mass is 195 g/mol. The van der Waals surface area contributed by atoms with Crippen molar-refractivity contribution in [2.24, 2.45) is 0 Å². The van der Waals surface area contributed by atoms with E-state index in [0.717, 1.165) is 0 Å². The topological polar surface area (TPSA) is 87.5 Å². The van der Waals surface area contributed by atoms with Crippen LogP contribution in [0.15, 0.2) is 24.5 Å². The summed E-state index contributed by atoms with van der Waals surface area (Å²) in [5.41, 5.74) is 0.405. The molecule has 0 aliphatic rings. The molecule has 0 aromatic carbocycles. The molecule has 5 heteroatoms. The van der Waals surface area contributed by atoms with E-state index in [4.69, 9.17) is 10.2 Å². The number of aliphatic carboxylic acids is 2. The van der Waals surface area contributed by atoms with Crippen molar-refractivity contribution in [1.82, 2.24) is 4.98 Å². The van der Waals surface area contributed by atoms with Crippen LogP contribution in [0, 0.1) is 0 Å². The van der Waals surface area contributed by atoms with Gasteiger partial charge >= 0.3 is 11.9 Å². The van der Waals surface area contributed by atoms with Crippen LogP contribution in [0.2, 0.25) is 0 Å². The van der Waals surface area contributed by atoms with Crippen LogP contribution in [0.3, 0.4) is 0 Å². The maximum atomic E-state index is 10.7. The fraction of sp³-hybridized carbons (Fsp3) is 0.222. The number of carbonyl (C=O) groups is 2. The van der Waals surface area contributed by atoms with Crippen molar-refractivity contribution in [2.75, 3.05) is 0 Å². The zero-order chi connectivity index (χ0) is 10.6. The van der Waals surface area contributed by atoms with Gasteiger partial charge in [0.15, 0.2) is 0 Å². The lowest BCUT2D eigenvalue weighted by molar-refractivity contribution is -0.145. The molecule has 1 atom stereocenters. The van der Waals surface area contributed by atoms with E-state index in [9.17, 15) is 9.59 Å². The highest BCUT2D eigenvalue weighted by atomic mass is 16.4. The first-order chi connectivity index (χ1) is 6.61. The zero-order valence-corrected chi connectivity index (χ0v) is 7.25. The minimum absolute atomic E-state index is 0.405. The number of carboxylic acids is 2. The van der Waals surface area contributed by atoms with Crippen LogP contribution < -0.4 is 0 Å². The molecule has 14 heavy (non-hydrogen) atoms. The number of nitrogens with zero attached hydrogens (tertiary/aromatic N) is 1. The summed E-state index contributed by atoms with van der Waals surface area (Å²) in [4.78, 5) is 24.9. The smallest absolute Gasteiger partial charge is 0.311 e. The summed E-state index contributed by atoms with van der Waals surface area (Å²) >= 11 is 0. The fourth-order valence-corrected chi connectivity index (χ4v) is 1.10. The van der Waals surface area contributed by atoms with Gasteiger partial charge in [-0.1, -0.05) is 6.07 Å². The molecule has 1 aromatic rings. The Balaban J connectivity index is 2.89. The molecular weight excluding hydrogens is 186 g/mol. The Morgan fingerprint density at radius 2 is 2.14 bits per heavy atom. The predicted molar refractivity (Wildman–Crippen MR) is 46.9 cm³/mol. The van der Waals surface area contributed by atoms with Crippen molar-refractivity contribution < 1.29 is 19.8 Å². The molecular formula is C9H9NO4. The van der Waals surface area contributed by atoms with E-state index in [2.05, 4.69) is 4.98 Å². The van der Waals surface area contributed by atoms with Crippen molar-refractivity contribution in [1.29, 1.82) is 0 Å². The van der Waals surface area contributed by atoms with Crippen molar-refractivity contribution >= 4 is 11.9 Å². The van der Waals surface area contributed by atoms with E-state index in [1.807, 2.05) is 0 Å². The van der Waals surface area contributed by atoms with Crippen LogP contribution in [0.25, 0.3) is 0 Å². The Kier molecular flexibility index (Phi) is 3.17. The first-order valence-electron chi connectivity index (χ1n) is 3.96. The van der Waals surface area contributed by atoms with E-state index in [1.165, 1.54) is 12.4 Å². The normalized spacial score (nSPS) is 12.0. The molecule has 5 nitrogen and oxygen atoms in total. The molecule has 0 saturated heterocycles. The average molecular weight is 195 g/mol. The summed E-state index contributed by atoms with van der Waals surface area (Å²) in [6, 6.07) is 3.13. The molecule has 0 radical (unpaired) electrons. The van der Waals surface area contributed by atoms with E-state index in [-0.39, 0.29) is 0 Å². The molecule has 2 N–H and O–H groups in total. The van der Waals surface area contributed by atoms with Gasteiger partial charge in [0, 0.05) is 12.4 Å². The minimum Gasteiger partial charge on any atom is -0.481 e. The number of carboxylic acid groups (broad SMARTS) is 2. The van der Waals surface area contributed by atoms with Gasteiger partial charge in [-0.05, 0) is 11.6 Å². The average Bonchev–Trinajstić information content (AvgIpc) is 2.15. The Hall–Kier alpha value is -1.91. The second-order valence-corrected chi connectivity index (χ2v) is 2.78. The summed E-state index contributed by atoms with van der Waals surface area (Å²) < 4.78 is 0. The Morgan fingerprint density at radius 3 is 2.57 bits per heavy atom. The number of aromatic nitrogens is 1. The van der Waals surface area contributed by atoms with Crippen LogP contribution >= 0.6 is 0 Å². The predicted octanol–water partition coefficient (Wildman–Crippen LogP) is 0.725. The molecule has 1 aromatic heterocycles. The fourth-order valence-electron chi connectivity index (χ4n) is 1.10. The summed E-state index contributed by atoms with van der Waals surface area (Å²) in [5, 5.41) is 17.3. The summed E-state index contributed by atoms with van der Waals surface area (Å²) in [7, 11) is 0. The summed E-state index contributed by atoms with van der Waals surface area (Å²) in [5.74, 6) is -3.32. The molecule has 0 spiro atoms. The summed E-state index contributed by atoms with van der Waals surface area (Å²) in [6.45, 7) is 0. The van der Waals surface area contributed by atoms with Gasteiger partial charge in [-0.2, -0.15) is 0 Å². The van der Waals surface area contributed by atoms with Gasteiger partial charge in [-0.15, -0.1) is 0 Å². The number of hydrogen-bond donors (Lipinski definition) is 2. The van der Waals surface area contributed by atoms with E-state index in [1.54, 1.807) is 12.1 Å². The third-order valence-electron chi connectivity index (χ3n) is 1.76. The van der Waals surface area contributed by atoms with E-state index < -0.39 is 24.3 Å². The summed E-state index contributed by atoms with van der Waals surface area (Å²) in [6.07, 6.45) is 2.44. The standard InChI is InChI=1S/C9H9NO4/c11-8(12)4-7(9(13)14)6-2-1-3-10-5-6/h1-3,5,7H,4H2,(H,11,12)(H,13,14). The molecule has 1 heterocycles. The van der Waals surface area contributed by atoms with Crippen LogP contribution in [0.5, 0.6) is 0 Å². The van der Waals surface area contributed by atoms with Gasteiger partial charge in [-0.3, -0.25) is 14.6 Å². The molecule has 74 valence electrons. The molecule has 0 bridgehead atoms. The molecule has 0 amide bonds. The van der Waals surface area contributed by atoms with Crippen molar-refractivity contribution in [3.05, 3.63) is 30.1 Å². The van der Waals surface area contributed by atoms with Gasteiger partial charge in [0.05, 0.1) is 12.3 Å². The molecule has 0 aliphatic heterocycles. The lowest BCUT2D eigenvalue weighted by Gasteiger charge is -2.08. The SMILES string of the molecule is O=C(O)CC(C(=O)O)c1cccnc1. The van der Waals surface area contributed by atoms with Gasteiger partial charge in [0.2, 0.25) is 0 Å². The second-order valence-electron chi connectivity index (χ2n) is 2.78. The van der Waals surface area contributed by atoms with Gasteiger partial charge < -0.3 is 10.2 Å². The lowest BCUT2D eigenvalue weighted by atomic mass is 9.98. The largest absolute Gasteiger partial charge is 0.481 e. The Bertz CT molecular complexity index is 336. The highest BCUT2D eigenvalue weighted by molar-refractivity contribution is 5.82. The molecule has 0 fully saturated rings. The third-order valence-corrected chi connectivity index (χ3v) is 1.76.